The largest absolute Gasteiger partial charge is 0.314 e. The van der Waals surface area contributed by atoms with Crippen LogP contribution in [0.3, 0.4) is 0 Å². The van der Waals surface area contributed by atoms with E-state index in [1.165, 1.54) is 25.7 Å². The Morgan fingerprint density at radius 1 is 1.28 bits per heavy atom. The zero-order chi connectivity index (χ0) is 12.8. The van der Waals surface area contributed by atoms with Crippen molar-refractivity contribution in [2.45, 2.75) is 38.3 Å². The van der Waals surface area contributed by atoms with Crippen molar-refractivity contribution in [2.75, 3.05) is 19.0 Å². The maximum Gasteiger partial charge on any atom is 0.250 e. The molecule has 1 aromatic heterocycles. The van der Waals surface area contributed by atoms with Gasteiger partial charge in [-0.05, 0) is 18.9 Å². The zero-order valence-corrected chi connectivity index (χ0v) is 11.5. The summed E-state index contributed by atoms with van der Waals surface area (Å²) in [5.41, 5.74) is 0.0785. The average Bonchev–Trinajstić information content (AvgIpc) is 2.90. The van der Waals surface area contributed by atoms with Gasteiger partial charge in [0.1, 0.15) is 0 Å². The van der Waals surface area contributed by atoms with Crippen LogP contribution >= 0.6 is 11.6 Å². The average molecular weight is 269 g/mol. The smallest absolute Gasteiger partial charge is 0.250 e. The molecule has 4 heteroatoms. The fraction of sp³-hybridized carbons (Fsp3) is 0.643. The molecule has 1 saturated carbocycles. The van der Waals surface area contributed by atoms with E-state index in [0.717, 1.165) is 19.6 Å². The highest BCUT2D eigenvalue weighted by Crippen LogP contribution is 2.23. The van der Waals surface area contributed by atoms with Gasteiger partial charge in [-0.2, -0.15) is 0 Å². The van der Waals surface area contributed by atoms with E-state index in [4.69, 9.17) is 11.6 Å². The Morgan fingerprint density at radius 2 is 2.06 bits per heavy atom. The molecule has 1 aliphatic carbocycles. The molecule has 1 aromatic rings. The van der Waals surface area contributed by atoms with E-state index >= 15 is 0 Å². The Labute approximate surface area is 113 Å². The Bertz CT molecular complexity index is 412. The van der Waals surface area contributed by atoms with E-state index in [-0.39, 0.29) is 5.56 Å². The van der Waals surface area contributed by atoms with Crippen molar-refractivity contribution in [2.24, 2.45) is 0 Å². The number of alkyl halides is 1. The van der Waals surface area contributed by atoms with E-state index in [1.807, 2.05) is 12.3 Å². The predicted octanol–water partition coefficient (Wildman–Crippen LogP) is 2.33. The molecule has 0 spiro atoms. The summed E-state index contributed by atoms with van der Waals surface area (Å²) in [6, 6.07) is 5.97. The quantitative estimate of drug-likeness (QED) is 0.740. The highest BCUT2D eigenvalue weighted by molar-refractivity contribution is 6.18. The number of halogens is 1. The van der Waals surface area contributed by atoms with Gasteiger partial charge < -0.3 is 4.57 Å². The molecule has 0 radical (unpaired) electrons. The van der Waals surface area contributed by atoms with Crippen molar-refractivity contribution < 1.29 is 0 Å². The summed E-state index contributed by atoms with van der Waals surface area (Å²) in [6.45, 7) is 2.60. The van der Waals surface area contributed by atoms with E-state index in [2.05, 4.69) is 4.90 Å². The minimum Gasteiger partial charge on any atom is -0.314 e. The van der Waals surface area contributed by atoms with Gasteiger partial charge in [0.2, 0.25) is 0 Å². The third-order valence-electron chi connectivity index (χ3n) is 3.74. The van der Waals surface area contributed by atoms with Gasteiger partial charge in [0, 0.05) is 43.8 Å². The van der Waals surface area contributed by atoms with E-state index in [9.17, 15) is 4.79 Å². The molecule has 0 aromatic carbocycles. The van der Waals surface area contributed by atoms with E-state index in [0.29, 0.717) is 11.9 Å². The Balaban J connectivity index is 1.93. The number of hydrogen-bond acceptors (Lipinski definition) is 2. The number of hydrogen-bond donors (Lipinski definition) is 0. The summed E-state index contributed by atoms with van der Waals surface area (Å²) in [5, 5.41) is 0. The van der Waals surface area contributed by atoms with Crippen LogP contribution < -0.4 is 5.56 Å². The Morgan fingerprint density at radius 3 is 2.72 bits per heavy atom. The standard InChI is InChI=1S/C14H21ClN2O/c15-8-10-16(13-5-1-2-6-13)11-12-17-9-4-3-7-14(17)18/h3-4,7,9,13H,1-2,5-6,8,10-12H2. The van der Waals surface area contributed by atoms with Crippen LogP contribution in [-0.2, 0) is 6.54 Å². The minimum atomic E-state index is 0.0785. The molecule has 0 unspecified atom stereocenters. The van der Waals surface area contributed by atoms with Gasteiger partial charge in [0.05, 0.1) is 0 Å². The summed E-state index contributed by atoms with van der Waals surface area (Å²) in [5.74, 6) is 0.667. The van der Waals surface area contributed by atoms with Gasteiger partial charge in [-0.3, -0.25) is 9.69 Å². The van der Waals surface area contributed by atoms with Crippen molar-refractivity contribution in [1.29, 1.82) is 0 Å². The first-order chi connectivity index (χ1) is 8.81. The molecular weight excluding hydrogens is 248 g/mol. The van der Waals surface area contributed by atoms with Crippen LogP contribution in [0.1, 0.15) is 25.7 Å². The van der Waals surface area contributed by atoms with Gasteiger partial charge >= 0.3 is 0 Å². The maximum absolute atomic E-state index is 11.6. The summed E-state index contributed by atoms with van der Waals surface area (Å²) in [4.78, 5) is 14.1. The lowest BCUT2D eigenvalue weighted by Gasteiger charge is -2.28. The molecule has 18 heavy (non-hydrogen) atoms. The molecule has 0 amide bonds. The summed E-state index contributed by atoms with van der Waals surface area (Å²) >= 11 is 5.88. The van der Waals surface area contributed by atoms with Crippen molar-refractivity contribution in [3.8, 4) is 0 Å². The fourth-order valence-electron chi connectivity index (χ4n) is 2.74. The monoisotopic (exact) mass is 268 g/mol. The SMILES string of the molecule is O=c1ccccn1CCN(CCCl)C1CCCC1. The Kier molecular flexibility index (Phi) is 5.26. The van der Waals surface area contributed by atoms with Crippen LogP contribution in [0.25, 0.3) is 0 Å². The van der Waals surface area contributed by atoms with Crippen molar-refractivity contribution >= 4 is 11.6 Å². The van der Waals surface area contributed by atoms with Crippen molar-refractivity contribution in [3.63, 3.8) is 0 Å². The summed E-state index contributed by atoms with van der Waals surface area (Å²) < 4.78 is 1.77. The van der Waals surface area contributed by atoms with Crippen LogP contribution in [0.2, 0.25) is 0 Å². The minimum absolute atomic E-state index is 0.0785. The highest BCUT2D eigenvalue weighted by atomic mass is 35.5. The normalized spacial score (nSPS) is 16.6. The predicted molar refractivity (Wildman–Crippen MR) is 75.3 cm³/mol. The molecule has 1 fully saturated rings. The van der Waals surface area contributed by atoms with Gasteiger partial charge in [-0.25, -0.2) is 0 Å². The molecule has 0 aliphatic heterocycles. The van der Waals surface area contributed by atoms with Gasteiger partial charge in [0.25, 0.3) is 5.56 Å². The molecule has 1 aliphatic rings. The fourth-order valence-corrected chi connectivity index (χ4v) is 2.95. The third kappa shape index (κ3) is 3.59. The topological polar surface area (TPSA) is 25.2 Å². The Hall–Kier alpha value is -0.800. The lowest BCUT2D eigenvalue weighted by atomic mass is 10.2. The second-order valence-corrected chi connectivity index (χ2v) is 5.27. The molecule has 2 rings (SSSR count). The zero-order valence-electron chi connectivity index (χ0n) is 10.7. The van der Waals surface area contributed by atoms with Crippen LogP contribution in [0.15, 0.2) is 29.2 Å². The lowest BCUT2D eigenvalue weighted by molar-refractivity contribution is 0.201. The molecule has 0 atom stereocenters. The van der Waals surface area contributed by atoms with Crippen molar-refractivity contribution in [1.82, 2.24) is 9.47 Å². The van der Waals surface area contributed by atoms with Crippen LogP contribution in [-0.4, -0.2) is 34.5 Å². The maximum atomic E-state index is 11.6. The number of aromatic nitrogens is 1. The molecule has 0 saturated heterocycles. The van der Waals surface area contributed by atoms with Crippen LogP contribution in [0.5, 0.6) is 0 Å². The number of pyridine rings is 1. The second kappa shape index (κ2) is 6.95. The van der Waals surface area contributed by atoms with Crippen LogP contribution in [0.4, 0.5) is 0 Å². The molecule has 3 nitrogen and oxygen atoms in total. The van der Waals surface area contributed by atoms with Crippen LogP contribution in [0, 0.1) is 0 Å². The second-order valence-electron chi connectivity index (χ2n) is 4.90. The van der Waals surface area contributed by atoms with E-state index in [1.54, 1.807) is 16.7 Å². The van der Waals surface area contributed by atoms with Gasteiger partial charge in [-0.1, -0.05) is 18.9 Å². The van der Waals surface area contributed by atoms with Crippen molar-refractivity contribution in [3.05, 3.63) is 34.7 Å². The molecule has 100 valence electrons. The first-order valence-corrected chi connectivity index (χ1v) is 7.30. The third-order valence-corrected chi connectivity index (χ3v) is 3.91. The first-order valence-electron chi connectivity index (χ1n) is 6.77. The van der Waals surface area contributed by atoms with E-state index < -0.39 is 0 Å². The molecular formula is C14H21ClN2O. The first kappa shape index (κ1) is 13.6. The summed E-state index contributed by atoms with van der Waals surface area (Å²) in [6.07, 6.45) is 7.07. The summed E-state index contributed by atoms with van der Waals surface area (Å²) in [7, 11) is 0. The lowest BCUT2D eigenvalue weighted by Crippen LogP contribution is -2.38. The molecule has 0 bridgehead atoms. The molecule has 0 N–H and O–H groups in total. The van der Waals surface area contributed by atoms with Gasteiger partial charge in [0.15, 0.2) is 0 Å². The number of rotatable bonds is 6. The number of nitrogens with zero attached hydrogens (tertiary/aromatic N) is 2. The van der Waals surface area contributed by atoms with Gasteiger partial charge in [-0.15, -0.1) is 11.6 Å². The molecule has 1 heterocycles. The highest BCUT2D eigenvalue weighted by Gasteiger charge is 2.21.